The van der Waals surface area contributed by atoms with Crippen LogP contribution in [0, 0.1) is 0 Å². The van der Waals surface area contributed by atoms with Crippen molar-refractivity contribution >= 4 is 12.2 Å². The number of carbonyl (C=O) groups is 2. The Morgan fingerprint density at radius 3 is 2.30 bits per heavy atom. The molecule has 0 aromatic heterocycles. The highest BCUT2D eigenvalue weighted by Gasteiger charge is 2.16. The molecular formula is C14H20N2O4. The van der Waals surface area contributed by atoms with Crippen LogP contribution in [0.5, 0.6) is 0 Å². The van der Waals surface area contributed by atoms with Crippen LogP contribution in [0.4, 0.5) is 9.59 Å². The van der Waals surface area contributed by atoms with Gasteiger partial charge < -0.3 is 20.5 Å². The number of hydrogen-bond donors (Lipinski definition) is 2. The molecule has 0 bridgehead atoms. The maximum Gasteiger partial charge on any atom is 0.407 e. The Kier molecular flexibility index (Phi) is 6.36. The first-order chi connectivity index (χ1) is 9.49. The zero-order valence-corrected chi connectivity index (χ0v) is 11.7. The van der Waals surface area contributed by atoms with E-state index >= 15 is 0 Å². The summed E-state index contributed by atoms with van der Waals surface area (Å²) in [5.41, 5.74) is 5.87. The van der Waals surface area contributed by atoms with Crippen molar-refractivity contribution in [2.24, 2.45) is 5.73 Å². The number of carbonyl (C=O) groups excluding carboxylic acids is 2. The Balaban J connectivity index is 2.59. The third-order valence-corrected chi connectivity index (χ3v) is 2.52. The van der Waals surface area contributed by atoms with Crippen LogP contribution in [-0.4, -0.2) is 31.4 Å². The largest absolute Gasteiger partial charge is 0.449 e. The molecule has 0 fully saturated rings. The molecule has 20 heavy (non-hydrogen) atoms. The number of benzene rings is 1. The first kappa shape index (κ1) is 15.8. The lowest BCUT2D eigenvalue weighted by Gasteiger charge is -2.17. The molecule has 0 heterocycles. The van der Waals surface area contributed by atoms with Crippen LogP contribution in [0.25, 0.3) is 0 Å². The number of primary amides is 1. The van der Waals surface area contributed by atoms with Crippen LogP contribution in [-0.2, 0) is 9.47 Å². The number of amides is 2. The highest BCUT2D eigenvalue weighted by atomic mass is 16.6. The standard InChI is InChI=1S/C14H20N2O4/c1-10(2)16-14(18)20-9-12(8-19-13(15)17)11-6-4-3-5-7-11/h3-7,10,12H,8-9H2,1-2H3,(H2,15,17)(H,16,18). The van der Waals surface area contributed by atoms with Gasteiger partial charge in [0.05, 0.1) is 5.92 Å². The van der Waals surface area contributed by atoms with Crippen molar-refractivity contribution in [1.82, 2.24) is 5.32 Å². The average Bonchev–Trinajstić information content (AvgIpc) is 2.38. The summed E-state index contributed by atoms with van der Waals surface area (Å²) in [5.74, 6) is -0.249. The molecule has 1 aromatic rings. The van der Waals surface area contributed by atoms with Crippen molar-refractivity contribution in [3.8, 4) is 0 Å². The Labute approximate surface area is 118 Å². The Morgan fingerprint density at radius 2 is 1.75 bits per heavy atom. The molecule has 0 radical (unpaired) electrons. The van der Waals surface area contributed by atoms with E-state index in [1.54, 1.807) is 0 Å². The molecule has 1 unspecified atom stereocenters. The SMILES string of the molecule is CC(C)NC(=O)OCC(COC(N)=O)c1ccccc1. The summed E-state index contributed by atoms with van der Waals surface area (Å²) < 4.78 is 9.92. The summed E-state index contributed by atoms with van der Waals surface area (Å²) in [4.78, 5) is 22.2. The van der Waals surface area contributed by atoms with Crippen LogP contribution >= 0.6 is 0 Å². The number of nitrogens with two attached hydrogens (primary N) is 1. The summed E-state index contributed by atoms with van der Waals surface area (Å²) >= 11 is 0. The van der Waals surface area contributed by atoms with Gasteiger partial charge in [0, 0.05) is 6.04 Å². The summed E-state index contributed by atoms with van der Waals surface area (Å²) in [6.07, 6.45) is -1.35. The van der Waals surface area contributed by atoms with Gasteiger partial charge in [0.25, 0.3) is 0 Å². The van der Waals surface area contributed by atoms with Crippen molar-refractivity contribution in [1.29, 1.82) is 0 Å². The maximum absolute atomic E-state index is 11.5. The van der Waals surface area contributed by atoms with Gasteiger partial charge in [-0.25, -0.2) is 9.59 Å². The monoisotopic (exact) mass is 280 g/mol. The molecule has 110 valence electrons. The molecule has 0 aliphatic heterocycles. The lowest BCUT2D eigenvalue weighted by atomic mass is 10.0. The number of nitrogens with one attached hydrogen (secondary N) is 1. The number of hydrogen-bond acceptors (Lipinski definition) is 4. The molecule has 0 aliphatic rings. The van der Waals surface area contributed by atoms with Crippen LogP contribution in [0.15, 0.2) is 30.3 Å². The second-order valence-electron chi connectivity index (χ2n) is 4.64. The van der Waals surface area contributed by atoms with Crippen LogP contribution in [0.3, 0.4) is 0 Å². The molecule has 0 aliphatic carbocycles. The zero-order valence-electron chi connectivity index (χ0n) is 11.7. The molecule has 6 heteroatoms. The van der Waals surface area contributed by atoms with Crippen molar-refractivity contribution in [2.75, 3.05) is 13.2 Å². The first-order valence-electron chi connectivity index (χ1n) is 6.39. The first-order valence-corrected chi connectivity index (χ1v) is 6.39. The second kappa shape index (κ2) is 8.04. The minimum absolute atomic E-state index is 0.000421. The van der Waals surface area contributed by atoms with E-state index in [0.29, 0.717) is 0 Å². The van der Waals surface area contributed by atoms with Gasteiger partial charge in [0.1, 0.15) is 13.2 Å². The van der Waals surface area contributed by atoms with E-state index in [4.69, 9.17) is 15.2 Å². The number of ether oxygens (including phenoxy) is 2. The molecule has 0 saturated carbocycles. The summed E-state index contributed by atoms with van der Waals surface area (Å²) in [6, 6.07) is 9.35. The van der Waals surface area contributed by atoms with Gasteiger partial charge in [0.2, 0.25) is 0 Å². The lowest BCUT2D eigenvalue weighted by Crippen LogP contribution is -2.32. The molecule has 0 saturated heterocycles. The van der Waals surface area contributed by atoms with E-state index in [2.05, 4.69) is 5.32 Å². The zero-order chi connectivity index (χ0) is 15.0. The number of rotatable bonds is 6. The van der Waals surface area contributed by atoms with Gasteiger partial charge in [-0.3, -0.25) is 0 Å². The molecule has 3 N–H and O–H groups in total. The van der Waals surface area contributed by atoms with E-state index < -0.39 is 12.2 Å². The van der Waals surface area contributed by atoms with Crippen molar-refractivity contribution in [3.63, 3.8) is 0 Å². The Morgan fingerprint density at radius 1 is 1.15 bits per heavy atom. The quantitative estimate of drug-likeness (QED) is 0.833. The fraction of sp³-hybridized carbons (Fsp3) is 0.429. The highest BCUT2D eigenvalue weighted by molar-refractivity contribution is 5.67. The third kappa shape index (κ3) is 6.08. The smallest absolute Gasteiger partial charge is 0.407 e. The molecule has 1 atom stereocenters. The Bertz CT molecular complexity index is 434. The minimum Gasteiger partial charge on any atom is -0.449 e. The molecule has 1 rings (SSSR count). The van der Waals surface area contributed by atoms with Gasteiger partial charge in [-0.1, -0.05) is 30.3 Å². The average molecular weight is 280 g/mol. The lowest BCUT2D eigenvalue weighted by molar-refractivity contribution is 0.109. The molecule has 1 aromatic carbocycles. The summed E-state index contributed by atoms with van der Waals surface area (Å²) in [5, 5.41) is 2.62. The minimum atomic E-state index is -0.849. The van der Waals surface area contributed by atoms with Crippen molar-refractivity contribution < 1.29 is 19.1 Å². The van der Waals surface area contributed by atoms with Crippen LogP contribution < -0.4 is 11.1 Å². The highest BCUT2D eigenvalue weighted by Crippen LogP contribution is 2.16. The predicted octanol–water partition coefficient (Wildman–Crippen LogP) is 2.00. The van der Waals surface area contributed by atoms with Gasteiger partial charge in [-0.05, 0) is 19.4 Å². The van der Waals surface area contributed by atoms with E-state index in [-0.39, 0.29) is 25.2 Å². The van der Waals surface area contributed by atoms with Crippen LogP contribution in [0.1, 0.15) is 25.3 Å². The molecule has 2 amide bonds. The predicted molar refractivity (Wildman–Crippen MR) is 74.3 cm³/mol. The maximum atomic E-state index is 11.5. The molecule has 6 nitrogen and oxygen atoms in total. The second-order valence-corrected chi connectivity index (χ2v) is 4.64. The van der Waals surface area contributed by atoms with E-state index in [1.165, 1.54) is 0 Å². The molecule has 0 spiro atoms. The van der Waals surface area contributed by atoms with Gasteiger partial charge in [0.15, 0.2) is 0 Å². The van der Waals surface area contributed by atoms with Crippen molar-refractivity contribution in [3.05, 3.63) is 35.9 Å². The summed E-state index contributed by atoms with van der Waals surface area (Å²) in [6.45, 7) is 3.85. The fourth-order valence-corrected chi connectivity index (χ4v) is 1.60. The van der Waals surface area contributed by atoms with E-state index in [1.807, 2.05) is 44.2 Å². The molecular weight excluding hydrogens is 260 g/mol. The normalized spacial score (nSPS) is 11.8. The van der Waals surface area contributed by atoms with Gasteiger partial charge >= 0.3 is 12.2 Å². The fourth-order valence-electron chi connectivity index (χ4n) is 1.60. The van der Waals surface area contributed by atoms with E-state index in [9.17, 15) is 9.59 Å². The topological polar surface area (TPSA) is 90.7 Å². The third-order valence-electron chi connectivity index (χ3n) is 2.52. The number of alkyl carbamates (subject to hydrolysis) is 1. The van der Waals surface area contributed by atoms with Crippen LogP contribution in [0.2, 0.25) is 0 Å². The van der Waals surface area contributed by atoms with E-state index in [0.717, 1.165) is 5.56 Å². The van der Waals surface area contributed by atoms with Gasteiger partial charge in [-0.15, -0.1) is 0 Å². The Hall–Kier alpha value is -2.24. The summed E-state index contributed by atoms with van der Waals surface area (Å²) in [7, 11) is 0. The van der Waals surface area contributed by atoms with Gasteiger partial charge in [-0.2, -0.15) is 0 Å². The van der Waals surface area contributed by atoms with Crippen molar-refractivity contribution in [2.45, 2.75) is 25.8 Å².